The van der Waals surface area contributed by atoms with Crippen molar-refractivity contribution in [2.24, 2.45) is 0 Å². The minimum Gasteiger partial charge on any atom is -0.355 e. The zero-order chi connectivity index (χ0) is 10.9. The van der Waals surface area contributed by atoms with Crippen molar-refractivity contribution in [2.75, 3.05) is 20.1 Å². The van der Waals surface area contributed by atoms with Crippen molar-refractivity contribution in [1.82, 2.24) is 15.6 Å². The van der Waals surface area contributed by atoms with Gasteiger partial charge in [-0.05, 0) is 32.0 Å². The second-order valence-electron chi connectivity index (χ2n) is 3.30. The third-order valence-electron chi connectivity index (χ3n) is 2.00. The van der Waals surface area contributed by atoms with Crippen LogP contribution in [0, 0.1) is 0 Å². The highest BCUT2D eigenvalue weighted by Crippen LogP contribution is 1.96. The first-order valence-electron chi connectivity index (χ1n) is 5.14. The number of hydrogen-bond donors (Lipinski definition) is 2. The molecule has 0 unspecified atom stereocenters. The number of likely N-dealkylation sites (N-methyl/N-ethyl adjacent to an activating group) is 1. The van der Waals surface area contributed by atoms with E-state index in [1.54, 1.807) is 13.2 Å². The van der Waals surface area contributed by atoms with Crippen molar-refractivity contribution >= 4 is 5.91 Å². The van der Waals surface area contributed by atoms with Crippen LogP contribution in [0.1, 0.15) is 12.1 Å². The molecule has 82 valence electrons. The molecule has 0 aliphatic carbocycles. The van der Waals surface area contributed by atoms with Crippen LogP contribution in [0.4, 0.5) is 0 Å². The van der Waals surface area contributed by atoms with Crippen LogP contribution in [-0.2, 0) is 11.2 Å². The van der Waals surface area contributed by atoms with Gasteiger partial charge in [-0.2, -0.15) is 0 Å². The molecular weight excluding hydrogens is 190 g/mol. The maximum Gasteiger partial charge on any atom is 0.233 e. The minimum atomic E-state index is 0.0403. The van der Waals surface area contributed by atoms with E-state index in [1.807, 2.05) is 18.2 Å². The van der Waals surface area contributed by atoms with Crippen molar-refractivity contribution in [3.63, 3.8) is 0 Å². The summed E-state index contributed by atoms with van der Waals surface area (Å²) in [5.41, 5.74) is 1.07. The number of carbonyl (C=O) groups excluding carboxylic acids is 1. The van der Waals surface area contributed by atoms with E-state index in [0.29, 0.717) is 13.1 Å². The smallest absolute Gasteiger partial charge is 0.233 e. The van der Waals surface area contributed by atoms with Crippen molar-refractivity contribution in [1.29, 1.82) is 0 Å². The predicted octanol–water partition coefficient (Wildman–Crippen LogP) is 0.350. The average Bonchev–Trinajstić information content (AvgIpc) is 2.26. The van der Waals surface area contributed by atoms with Gasteiger partial charge < -0.3 is 10.6 Å². The molecule has 1 aromatic heterocycles. The van der Waals surface area contributed by atoms with Crippen LogP contribution in [0.25, 0.3) is 0 Å². The van der Waals surface area contributed by atoms with E-state index in [2.05, 4.69) is 15.6 Å². The van der Waals surface area contributed by atoms with Crippen molar-refractivity contribution in [3.8, 4) is 0 Å². The second-order valence-corrected chi connectivity index (χ2v) is 3.30. The Hall–Kier alpha value is -1.42. The lowest BCUT2D eigenvalue weighted by atomic mass is 10.2. The first-order valence-corrected chi connectivity index (χ1v) is 5.14. The molecular formula is C11H17N3O. The number of nitrogens with zero attached hydrogens (tertiary/aromatic N) is 1. The Morgan fingerprint density at radius 3 is 3.00 bits per heavy atom. The molecule has 0 bridgehead atoms. The van der Waals surface area contributed by atoms with Gasteiger partial charge in [0.15, 0.2) is 0 Å². The topological polar surface area (TPSA) is 54.0 Å². The molecule has 15 heavy (non-hydrogen) atoms. The molecule has 1 aromatic rings. The van der Waals surface area contributed by atoms with E-state index in [0.717, 1.165) is 18.5 Å². The van der Waals surface area contributed by atoms with Crippen LogP contribution in [0.3, 0.4) is 0 Å². The lowest BCUT2D eigenvalue weighted by Gasteiger charge is -2.04. The standard InChI is InChI=1S/C11H17N3O/c1-12-9-11(15)14-8-4-6-10-5-2-3-7-13-10/h2-3,5,7,12H,4,6,8-9H2,1H3,(H,14,15). The van der Waals surface area contributed by atoms with Gasteiger partial charge in [0, 0.05) is 18.4 Å². The molecule has 1 heterocycles. The fourth-order valence-corrected chi connectivity index (χ4v) is 1.27. The Morgan fingerprint density at radius 2 is 2.33 bits per heavy atom. The molecule has 0 atom stereocenters. The SMILES string of the molecule is CNCC(=O)NCCCc1ccccn1. The Balaban J connectivity index is 2.10. The molecule has 0 aliphatic heterocycles. The number of amides is 1. The molecule has 0 aliphatic rings. The summed E-state index contributed by atoms with van der Waals surface area (Å²) in [6.45, 7) is 1.08. The number of pyridine rings is 1. The van der Waals surface area contributed by atoms with Gasteiger partial charge in [0.25, 0.3) is 0 Å². The number of carbonyl (C=O) groups is 1. The zero-order valence-electron chi connectivity index (χ0n) is 8.99. The number of nitrogens with one attached hydrogen (secondary N) is 2. The summed E-state index contributed by atoms with van der Waals surface area (Å²) in [5.74, 6) is 0.0403. The molecule has 4 nitrogen and oxygen atoms in total. The first kappa shape index (κ1) is 11.7. The number of aromatic nitrogens is 1. The number of rotatable bonds is 6. The van der Waals surface area contributed by atoms with Crippen LogP contribution in [0.2, 0.25) is 0 Å². The fraction of sp³-hybridized carbons (Fsp3) is 0.455. The van der Waals surface area contributed by atoms with E-state index in [4.69, 9.17) is 0 Å². The molecule has 1 rings (SSSR count). The van der Waals surface area contributed by atoms with Crippen molar-refractivity contribution in [2.45, 2.75) is 12.8 Å². The molecule has 0 fully saturated rings. The van der Waals surface area contributed by atoms with Crippen molar-refractivity contribution < 1.29 is 4.79 Å². The van der Waals surface area contributed by atoms with Crippen LogP contribution in [-0.4, -0.2) is 31.0 Å². The van der Waals surface area contributed by atoms with Gasteiger partial charge in [-0.25, -0.2) is 0 Å². The highest BCUT2D eigenvalue weighted by atomic mass is 16.1. The summed E-state index contributed by atoms with van der Waals surface area (Å²) in [4.78, 5) is 15.3. The summed E-state index contributed by atoms with van der Waals surface area (Å²) in [6, 6.07) is 5.87. The highest BCUT2D eigenvalue weighted by molar-refractivity contribution is 5.77. The first-order chi connectivity index (χ1) is 7.33. The molecule has 0 saturated carbocycles. The van der Waals surface area contributed by atoms with Gasteiger partial charge in [0.2, 0.25) is 5.91 Å². The largest absolute Gasteiger partial charge is 0.355 e. The molecule has 4 heteroatoms. The summed E-state index contributed by atoms with van der Waals surface area (Å²) >= 11 is 0. The molecule has 1 amide bonds. The summed E-state index contributed by atoms with van der Waals surface area (Å²) < 4.78 is 0. The van der Waals surface area contributed by atoms with Gasteiger partial charge in [-0.1, -0.05) is 6.07 Å². The number of hydrogen-bond acceptors (Lipinski definition) is 3. The third-order valence-corrected chi connectivity index (χ3v) is 2.00. The monoisotopic (exact) mass is 207 g/mol. The average molecular weight is 207 g/mol. The molecule has 0 aromatic carbocycles. The van der Waals surface area contributed by atoms with E-state index in [9.17, 15) is 4.79 Å². The van der Waals surface area contributed by atoms with Crippen LogP contribution < -0.4 is 10.6 Å². The van der Waals surface area contributed by atoms with Gasteiger partial charge in [0.05, 0.1) is 6.54 Å². The van der Waals surface area contributed by atoms with Gasteiger partial charge in [0.1, 0.15) is 0 Å². The van der Waals surface area contributed by atoms with Gasteiger partial charge >= 0.3 is 0 Å². The number of aryl methyl sites for hydroxylation is 1. The van der Waals surface area contributed by atoms with E-state index in [1.165, 1.54) is 0 Å². The Kier molecular flexibility index (Phi) is 5.40. The van der Waals surface area contributed by atoms with Crippen LogP contribution >= 0.6 is 0 Å². The van der Waals surface area contributed by atoms with Crippen LogP contribution in [0.5, 0.6) is 0 Å². The zero-order valence-corrected chi connectivity index (χ0v) is 8.99. The normalized spacial score (nSPS) is 9.93. The Labute approximate surface area is 90.1 Å². The molecule has 2 N–H and O–H groups in total. The minimum absolute atomic E-state index is 0.0403. The van der Waals surface area contributed by atoms with Crippen LogP contribution in [0.15, 0.2) is 24.4 Å². The lowest BCUT2D eigenvalue weighted by Crippen LogP contribution is -2.32. The van der Waals surface area contributed by atoms with E-state index < -0.39 is 0 Å². The maximum absolute atomic E-state index is 11.1. The Morgan fingerprint density at radius 1 is 1.47 bits per heavy atom. The van der Waals surface area contributed by atoms with Crippen molar-refractivity contribution in [3.05, 3.63) is 30.1 Å². The summed E-state index contributed by atoms with van der Waals surface area (Å²) in [5, 5.41) is 5.63. The second kappa shape index (κ2) is 6.95. The highest BCUT2D eigenvalue weighted by Gasteiger charge is 1.98. The third kappa shape index (κ3) is 5.12. The maximum atomic E-state index is 11.1. The fourth-order valence-electron chi connectivity index (χ4n) is 1.27. The quantitative estimate of drug-likeness (QED) is 0.662. The molecule has 0 saturated heterocycles. The molecule has 0 radical (unpaired) electrons. The summed E-state index contributed by atoms with van der Waals surface area (Å²) in [7, 11) is 1.76. The summed E-state index contributed by atoms with van der Waals surface area (Å²) in [6.07, 6.45) is 3.61. The van der Waals surface area contributed by atoms with E-state index in [-0.39, 0.29) is 5.91 Å². The predicted molar refractivity (Wildman–Crippen MR) is 59.5 cm³/mol. The van der Waals surface area contributed by atoms with Gasteiger partial charge in [-0.15, -0.1) is 0 Å². The Bertz CT molecular complexity index is 287. The lowest BCUT2D eigenvalue weighted by molar-refractivity contribution is -0.120. The molecule has 0 spiro atoms. The van der Waals surface area contributed by atoms with E-state index >= 15 is 0 Å². The van der Waals surface area contributed by atoms with Gasteiger partial charge in [-0.3, -0.25) is 9.78 Å².